The van der Waals surface area contributed by atoms with E-state index in [1.54, 1.807) is 39.2 Å². The number of alkyl carbamates (subject to hydrolysis) is 1. The molecule has 3 aromatic rings. The predicted molar refractivity (Wildman–Crippen MR) is 152 cm³/mol. The summed E-state index contributed by atoms with van der Waals surface area (Å²) in [6, 6.07) is 13.4. The number of nitrogens with one attached hydrogen (secondary N) is 2. The smallest absolute Gasteiger partial charge is 0.413 e. The predicted octanol–water partition coefficient (Wildman–Crippen LogP) is 5.94. The van der Waals surface area contributed by atoms with E-state index in [-0.39, 0.29) is 31.1 Å². The first-order valence-electron chi connectivity index (χ1n) is 10.6. The van der Waals surface area contributed by atoms with Gasteiger partial charge < -0.3 is 10.5 Å². The number of anilines is 1. The molecule has 14 heteroatoms. The highest BCUT2D eigenvalue weighted by Crippen LogP contribution is 2.39. The van der Waals surface area contributed by atoms with E-state index in [4.69, 9.17) is 15.9 Å². The maximum absolute atomic E-state index is 14.7. The number of amidine groups is 1. The number of carbonyl (C=O) groups excluding carboxylic acids is 1. The van der Waals surface area contributed by atoms with Crippen LogP contribution in [0.4, 0.5) is 10.5 Å². The molecule has 1 heterocycles. The molecule has 0 radical (unpaired) electrons. The summed E-state index contributed by atoms with van der Waals surface area (Å²) in [5.74, 6) is -0.282. The minimum atomic E-state index is -4.42. The molecule has 1 atom stereocenters. The number of nitrogens with two attached hydrogens (primary N) is 1. The van der Waals surface area contributed by atoms with Crippen molar-refractivity contribution in [3.8, 4) is 0 Å². The highest BCUT2D eigenvalue weighted by atomic mass is 79.9. The molecule has 198 valence electrons. The number of benzene rings is 2. The second-order valence-corrected chi connectivity index (χ2v) is 15.6. The zero-order valence-electron chi connectivity index (χ0n) is 20.3. The number of ether oxygens (including phenoxy) is 1. The minimum absolute atomic E-state index is 0.112. The summed E-state index contributed by atoms with van der Waals surface area (Å²) in [4.78, 5) is 12.5. The number of amides is 1. The Morgan fingerprint density at radius 3 is 2.35 bits per heavy atom. The lowest BCUT2D eigenvalue weighted by atomic mass is 10.2. The number of carbonyl (C=O) groups is 1. The maximum atomic E-state index is 14.7. The summed E-state index contributed by atoms with van der Waals surface area (Å²) in [6.45, 7) is 5.09. The van der Waals surface area contributed by atoms with Gasteiger partial charge in [0.15, 0.2) is 0 Å². The third kappa shape index (κ3) is 7.13. The first kappa shape index (κ1) is 29.2. The van der Waals surface area contributed by atoms with Gasteiger partial charge in [0.25, 0.3) is 10.0 Å². The standard InChI is InChI=1S/C23H25BrN4O5S4/c1-23(2,3)33-22(29)27-20(26)18-13-19(21(34-4)35-18)36(30,16-9-5-7-14(24)11-16)28-37(31,32)17-10-6-8-15(25)12-17/h5-13H,25H2,1-4H3,(H2,26,27,29). The summed E-state index contributed by atoms with van der Waals surface area (Å²) in [6.07, 6.45) is 0.914. The summed E-state index contributed by atoms with van der Waals surface area (Å²) >= 11 is 5.65. The zero-order chi connectivity index (χ0) is 27.6. The molecule has 4 N–H and O–H groups in total. The van der Waals surface area contributed by atoms with Gasteiger partial charge in [0.05, 0.1) is 23.8 Å². The Morgan fingerprint density at radius 1 is 1.11 bits per heavy atom. The Balaban J connectivity index is 2.21. The van der Waals surface area contributed by atoms with Crippen LogP contribution in [0.5, 0.6) is 0 Å². The third-order valence-electron chi connectivity index (χ3n) is 4.50. The molecule has 0 fully saturated rings. The lowest BCUT2D eigenvalue weighted by Gasteiger charge is -2.19. The first-order valence-corrected chi connectivity index (χ1v) is 16.3. The number of hydrogen-bond donors (Lipinski definition) is 3. The zero-order valence-corrected chi connectivity index (χ0v) is 25.1. The van der Waals surface area contributed by atoms with Crippen molar-refractivity contribution in [3.63, 3.8) is 0 Å². The number of halogens is 1. The Kier molecular flexibility index (Phi) is 8.79. The van der Waals surface area contributed by atoms with E-state index in [0.29, 0.717) is 8.68 Å². The van der Waals surface area contributed by atoms with Crippen LogP contribution in [0, 0.1) is 5.41 Å². The van der Waals surface area contributed by atoms with Gasteiger partial charge in [-0.25, -0.2) is 9.00 Å². The molecular formula is C23H25BrN4O5S4. The van der Waals surface area contributed by atoms with Gasteiger partial charge in [-0.2, -0.15) is 8.42 Å². The van der Waals surface area contributed by atoms with E-state index in [0.717, 1.165) is 11.3 Å². The molecule has 3 rings (SSSR count). The van der Waals surface area contributed by atoms with Gasteiger partial charge in [-0.15, -0.1) is 23.1 Å². The van der Waals surface area contributed by atoms with Gasteiger partial charge >= 0.3 is 6.09 Å². The monoisotopic (exact) mass is 644 g/mol. The van der Waals surface area contributed by atoms with Crippen molar-refractivity contribution in [1.29, 1.82) is 5.41 Å². The van der Waals surface area contributed by atoms with Crippen LogP contribution in [-0.2, 0) is 24.5 Å². The van der Waals surface area contributed by atoms with Crippen molar-refractivity contribution < 1.29 is 22.2 Å². The van der Waals surface area contributed by atoms with Crippen LogP contribution in [0.3, 0.4) is 0 Å². The average molecular weight is 646 g/mol. The molecule has 0 aliphatic carbocycles. The molecule has 0 spiro atoms. The molecule has 0 aliphatic heterocycles. The van der Waals surface area contributed by atoms with Gasteiger partial charge in [-0.05, 0) is 69.5 Å². The molecule has 0 saturated carbocycles. The van der Waals surface area contributed by atoms with Crippen molar-refractivity contribution in [1.82, 2.24) is 5.32 Å². The Bertz CT molecular complexity index is 1590. The highest BCUT2D eigenvalue weighted by molar-refractivity contribution is 9.10. The van der Waals surface area contributed by atoms with Gasteiger partial charge in [-0.3, -0.25) is 10.7 Å². The number of hydrogen-bond acceptors (Lipinski definition) is 9. The van der Waals surface area contributed by atoms with Crippen molar-refractivity contribution in [3.05, 3.63) is 63.9 Å². The second-order valence-electron chi connectivity index (χ2n) is 8.57. The van der Waals surface area contributed by atoms with E-state index in [1.807, 2.05) is 0 Å². The van der Waals surface area contributed by atoms with Crippen LogP contribution in [0.25, 0.3) is 0 Å². The topological polar surface area (TPSA) is 152 Å². The fourth-order valence-corrected chi connectivity index (χ4v) is 10.2. The summed E-state index contributed by atoms with van der Waals surface area (Å²) < 4.78 is 51.5. The number of thioether (sulfide) groups is 1. The van der Waals surface area contributed by atoms with Crippen LogP contribution >= 0.6 is 39.0 Å². The molecule has 1 unspecified atom stereocenters. The lowest BCUT2D eigenvalue weighted by molar-refractivity contribution is 0.0563. The van der Waals surface area contributed by atoms with Crippen molar-refractivity contribution in [2.45, 2.75) is 45.3 Å². The average Bonchev–Trinajstić information content (AvgIpc) is 3.23. The van der Waals surface area contributed by atoms with Crippen LogP contribution in [0.2, 0.25) is 0 Å². The summed E-state index contributed by atoms with van der Waals surface area (Å²) in [7, 11) is -8.20. The Hall–Kier alpha value is -2.39. The molecule has 9 nitrogen and oxygen atoms in total. The van der Waals surface area contributed by atoms with Crippen LogP contribution in [0.1, 0.15) is 25.6 Å². The first-order chi connectivity index (χ1) is 17.1. The molecule has 0 saturated heterocycles. The van der Waals surface area contributed by atoms with Crippen LogP contribution < -0.4 is 11.1 Å². The van der Waals surface area contributed by atoms with Crippen LogP contribution in [0.15, 0.2) is 81.7 Å². The van der Waals surface area contributed by atoms with Crippen molar-refractivity contribution in [2.75, 3.05) is 12.0 Å². The van der Waals surface area contributed by atoms with E-state index in [1.165, 1.54) is 54.2 Å². The number of nitrogen functional groups attached to an aromatic ring is 1. The summed E-state index contributed by atoms with van der Waals surface area (Å²) in [5, 5.41) is 10.7. The highest BCUT2D eigenvalue weighted by Gasteiger charge is 2.29. The van der Waals surface area contributed by atoms with Gasteiger partial charge in [0.1, 0.15) is 21.2 Å². The minimum Gasteiger partial charge on any atom is -0.444 e. The van der Waals surface area contributed by atoms with Crippen molar-refractivity contribution >= 4 is 76.4 Å². The SMILES string of the molecule is CSc1sc(C(=N)NC(=O)OC(C)(C)C)cc1S(=O)(=NS(=O)(=O)c1cccc(N)c1)c1cccc(Br)c1. The Morgan fingerprint density at radius 2 is 1.76 bits per heavy atom. The molecule has 1 aromatic heterocycles. The van der Waals surface area contributed by atoms with Crippen molar-refractivity contribution in [2.24, 2.45) is 3.77 Å². The largest absolute Gasteiger partial charge is 0.444 e. The number of nitrogens with zero attached hydrogens (tertiary/aromatic N) is 1. The number of rotatable bonds is 6. The fourth-order valence-electron chi connectivity index (χ4n) is 2.99. The quantitative estimate of drug-likeness (QED) is 0.130. The van der Waals surface area contributed by atoms with E-state index < -0.39 is 31.4 Å². The Labute approximate surface area is 233 Å². The van der Waals surface area contributed by atoms with Gasteiger partial charge in [-0.1, -0.05) is 31.8 Å². The molecule has 1 amide bonds. The molecule has 37 heavy (non-hydrogen) atoms. The molecule has 2 aromatic carbocycles. The van der Waals surface area contributed by atoms with Gasteiger partial charge in [0, 0.05) is 10.2 Å². The third-order valence-corrected chi connectivity index (χ3v) is 11.8. The van der Waals surface area contributed by atoms with E-state index in [9.17, 15) is 17.4 Å². The fraction of sp³-hybridized carbons (Fsp3) is 0.217. The maximum Gasteiger partial charge on any atom is 0.413 e. The lowest BCUT2D eigenvalue weighted by Crippen LogP contribution is -2.36. The number of sulfonamides is 1. The number of thiophene rings is 1. The molecule has 0 aliphatic rings. The van der Waals surface area contributed by atoms with E-state index in [2.05, 4.69) is 25.0 Å². The van der Waals surface area contributed by atoms with E-state index >= 15 is 0 Å². The van der Waals surface area contributed by atoms with Crippen LogP contribution in [-0.4, -0.2) is 36.4 Å². The molecule has 0 bridgehead atoms. The second kappa shape index (κ2) is 11.2. The summed E-state index contributed by atoms with van der Waals surface area (Å²) in [5.41, 5.74) is 5.22. The molecular weight excluding hydrogens is 620 g/mol. The normalized spacial score (nSPS) is 13.4. The van der Waals surface area contributed by atoms with Gasteiger partial charge in [0.2, 0.25) is 0 Å².